The van der Waals surface area contributed by atoms with Crippen molar-refractivity contribution in [2.24, 2.45) is 0 Å². The van der Waals surface area contributed by atoms with Crippen LogP contribution < -0.4 is 0 Å². The van der Waals surface area contributed by atoms with E-state index in [9.17, 15) is 8.78 Å². The monoisotopic (exact) mass is 160 g/mol. The van der Waals surface area contributed by atoms with Gasteiger partial charge in [0.15, 0.2) is 0 Å². The van der Waals surface area contributed by atoms with E-state index in [2.05, 4.69) is 5.10 Å². The lowest BCUT2D eigenvalue weighted by Crippen LogP contribution is -2.14. The number of halogens is 2. The van der Waals surface area contributed by atoms with Crippen LogP contribution in [0.15, 0.2) is 0 Å². The van der Waals surface area contributed by atoms with Crippen LogP contribution in [0.4, 0.5) is 8.78 Å². The highest BCUT2D eigenvalue weighted by atomic mass is 19.1. The third kappa shape index (κ3) is 1.39. The van der Waals surface area contributed by atoms with Gasteiger partial charge in [-0.25, -0.2) is 5.10 Å². The molecular weight excluding hydrogens is 150 g/mol. The second-order valence-corrected chi connectivity index (χ2v) is 3.45. The molecule has 1 N–H and O–H groups in total. The van der Waals surface area contributed by atoms with E-state index in [0.29, 0.717) is 0 Å². The van der Waals surface area contributed by atoms with Gasteiger partial charge in [-0.2, -0.15) is 8.78 Å². The van der Waals surface area contributed by atoms with Crippen molar-refractivity contribution < 1.29 is 8.78 Å². The lowest BCUT2D eigenvalue weighted by atomic mass is 9.89. The van der Waals surface area contributed by atoms with Crippen LogP contribution >= 0.6 is 0 Å². The average Bonchev–Trinajstić information content (AvgIpc) is 2.08. The number of hydrogen-bond donors (Lipinski definition) is 1. The molecule has 62 valence electrons. The van der Waals surface area contributed by atoms with Crippen molar-refractivity contribution in [1.29, 1.82) is 0 Å². The maximum Gasteiger partial charge on any atom is 0.239 e. The number of aromatic nitrogens is 2. The lowest BCUT2D eigenvalue weighted by molar-refractivity contribution is 0.478. The summed E-state index contributed by atoms with van der Waals surface area (Å²) in [6.07, 6.45) is 0. The Morgan fingerprint density at radius 3 is 2.00 bits per heavy atom. The summed E-state index contributed by atoms with van der Waals surface area (Å²) in [5, 5.41) is 5.07. The zero-order chi connectivity index (χ0) is 8.65. The van der Waals surface area contributed by atoms with Crippen LogP contribution in [0.1, 0.15) is 26.3 Å². The van der Waals surface area contributed by atoms with Gasteiger partial charge >= 0.3 is 0 Å². The van der Waals surface area contributed by atoms with Crippen LogP contribution in [0.2, 0.25) is 0 Å². The van der Waals surface area contributed by atoms with Crippen molar-refractivity contribution in [2.75, 3.05) is 0 Å². The molecular formula is C7H10F2N2. The Hall–Kier alpha value is -0.930. The average molecular weight is 160 g/mol. The summed E-state index contributed by atoms with van der Waals surface area (Å²) in [6.45, 7) is 5.18. The van der Waals surface area contributed by atoms with Gasteiger partial charge in [-0.1, -0.05) is 20.8 Å². The Bertz CT molecular complexity index is 240. The first-order chi connectivity index (χ1) is 4.93. The fraction of sp³-hybridized carbons (Fsp3) is 0.571. The van der Waals surface area contributed by atoms with Crippen molar-refractivity contribution in [3.05, 3.63) is 17.5 Å². The Morgan fingerprint density at radius 1 is 1.27 bits per heavy atom. The predicted molar refractivity (Wildman–Crippen MR) is 37.2 cm³/mol. The van der Waals surface area contributed by atoms with Gasteiger partial charge in [0.2, 0.25) is 11.9 Å². The van der Waals surface area contributed by atoms with E-state index in [1.165, 1.54) is 0 Å². The van der Waals surface area contributed by atoms with Crippen LogP contribution in [0.25, 0.3) is 0 Å². The highest BCUT2D eigenvalue weighted by Crippen LogP contribution is 2.25. The standard InChI is InChI=1S/C7H10F2N2/c1-7(2,3)4-5(8)10-11-6(4)9/h1-3H3,(H,10,11). The minimum absolute atomic E-state index is 0.0116. The molecule has 0 radical (unpaired) electrons. The molecule has 1 heterocycles. The van der Waals surface area contributed by atoms with Crippen molar-refractivity contribution in [3.8, 4) is 0 Å². The summed E-state index contributed by atoms with van der Waals surface area (Å²) in [5.74, 6) is -1.44. The molecule has 0 unspecified atom stereocenters. The Kier molecular flexibility index (Phi) is 1.70. The van der Waals surface area contributed by atoms with Gasteiger partial charge in [-0.15, -0.1) is 5.10 Å². The van der Waals surface area contributed by atoms with Gasteiger partial charge in [0, 0.05) is 0 Å². The van der Waals surface area contributed by atoms with E-state index in [1.54, 1.807) is 20.8 Å². The largest absolute Gasteiger partial charge is 0.250 e. The number of nitrogens with zero attached hydrogens (tertiary/aromatic N) is 1. The molecule has 1 aromatic rings. The van der Waals surface area contributed by atoms with E-state index in [1.807, 2.05) is 5.10 Å². The van der Waals surface area contributed by atoms with Gasteiger partial charge in [0.25, 0.3) is 0 Å². The lowest BCUT2D eigenvalue weighted by Gasteiger charge is -2.15. The summed E-state index contributed by atoms with van der Waals surface area (Å²) in [6, 6.07) is 0. The molecule has 0 aromatic carbocycles. The molecule has 0 fully saturated rings. The second-order valence-electron chi connectivity index (χ2n) is 3.45. The molecule has 0 amide bonds. The quantitative estimate of drug-likeness (QED) is 0.617. The van der Waals surface area contributed by atoms with Gasteiger partial charge in [0.1, 0.15) is 0 Å². The predicted octanol–water partition coefficient (Wildman–Crippen LogP) is 1.99. The van der Waals surface area contributed by atoms with E-state index in [0.717, 1.165) is 0 Å². The zero-order valence-corrected chi connectivity index (χ0v) is 6.70. The number of nitrogens with one attached hydrogen (secondary N) is 1. The van der Waals surface area contributed by atoms with Crippen LogP contribution in [0.5, 0.6) is 0 Å². The summed E-state index contributed by atoms with van der Waals surface area (Å²) >= 11 is 0. The van der Waals surface area contributed by atoms with Crippen LogP contribution in [-0.2, 0) is 5.41 Å². The molecule has 1 rings (SSSR count). The van der Waals surface area contributed by atoms with Crippen molar-refractivity contribution >= 4 is 0 Å². The summed E-state index contributed by atoms with van der Waals surface area (Å²) in [4.78, 5) is 0. The molecule has 1 aromatic heterocycles. The molecule has 0 saturated heterocycles. The maximum absolute atomic E-state index is 12.7. The fourth-order valence-electron chi connectivity index (χ4n) is 0.939. The summed E-state index contributed by atoms with van der Waals surface area (Å²) in [5.41, 5.74) is -0.529. The van der Waals surface area contributed by atoms with Gasteiger partial charge in [-0.05, 0) is 5.41 Å². The maximum atomic E-state index is 12.7. The summed E-state index contributed by atoms with van der Waals surface area (Å²) < 4.78 is 25.5. The molecule has 0 atom stereocenters. The third-order valence-corrected chi connectivity index (χ3v) is 1.43. The molecule has 0 aliphatic heterocycles. The SMILES string of the molecule is CC(C)(C)c1c(F)n[nH]c1F. The van der Waals surface area contributed by atoms with E-state index in [-0.39, 0.29) is 5.56 Å². The van der Waals surface area contributed by atoms with Gasteiger partial charge in [0.05, 0.1) is 5.56 Å². The molecule has 4 heteroatoms. The fourth-order valence-corrected chi connectivity index (χ4v) is 0.939. The highest BCUT2D eigenvalue weighted by Gasteiger charge is 2.25. The number of H-pyrrole nitrogens is 1. The molecule has 0 saturated carbocycles. The first-order valence-corrected chi connectivity index (χ1v) is 3.33. The van der Waals surface area contributed by atoms with Crippen molar-refractivity contribution in [1.82, 2.24) is 10.2 Å². The van der Waals surface area contributed by atoms with Crippen LogP contribution in [-0.4, -0.2) is 10.2 Å². The van der Waals surface area contributed by atoms with Crippen LogP contribution in [0.3, 0.4) is 0 Å². The smallest absolute Gasteiger partial charge is 0.239 e. The van der Waals surface area contributed by atoms with E-state index < -0.39 is 17.3 Å². The molecule has 0 bridgehead atoms. The molecule has 0 spiro atoms. The zero-order valence-electron chi connectivity index (χ0n) is 6.70. The van der Waals surface area contributed by atoms with Crippen LogP contribution in [0, 0.1) is 11.9 Å². The number of rotatable bonds is 0. The number of aromatic amines is 1. The first kappa shape index (κ1) is 8.17. The van der Waals surface area contributed by atoms with Crippen molar-refractivity contribution in [3.63, 3.8) is 0 Å². The van der Waals surface area contributed by atoms with Gasteiger partial charge < -0.3 is 0 Å². The van der Waals surface area contributed by atoms with E-state index >= 15 is 0 Å². The topological polar surface area (TPSA) is 28.7 Å². The molecule has 0 aliphatic carbocycles. The Balaban J connectivity index is 3.21. The minimum Gasteiger partial charge on any atom is -0.250 e. The number of hydrogen-bond acceptors (Lipinski definition) is 1. The molecule has 11 heavy (non-hydrogen) atoms. The normalized spacial score (nSPS) is 12.1. The second kappa shape index (κ2) is 2.29. The van der Waals surface area contributed by atoms with Gasteiger partial charge in [-0.3, -0.25) is 0 Å². The van der Waals surface area contributed by atoms with E-state index in [4.69, 9.17) is 0 Å². The summed E-state index contributed by atoms with van der Waals surface area (Å²) in [7, 11) is 0. The molecule has 0 aliphatic rings. The Morgan fingerprint density at radius 2 is 1.82 bits per heavy atom. The minimum atomic E-state index is -0.755. The third-order valence-electron chi connectivity index (χ3n) is 1.43. The first-order valence-electron chi connectivity index (χ1n) is 3.33. The Labute approximate surface area is 63.6 Å². The molecule has 2 nitrogen and oxygen atoms in total. The van der Waals surface area contributed by atoms with Crippen molar-refractivity contribution in [2.45, 2.75) is 26.2 Å². The highest BCUT2D eigenvalue weighted by molar-refractivity contribution is 5.18.